The largest absolute Gasteiger partial charge is 0.365 e. The van der Waals surface area contributed by atoms with Crippen LogP contribution in [0.5, 0.6) is 0 Å². The number of nitrogens with zero attached hydrogens (tertiary/aromatic N) is 4. The number of carbonyl (C=O) groups is 1. The second-order valence-electron chi connectivity index (χ2n) is 5.84. The van der Waals surface area contributed by atoms with E-state index in [1.807, 2.05) is 7.05 Å². The van der Waals surface area contributed by atoms with E-state index < -0.39 is 11.2 Å². The molecule has 1 aliphatic heterocycles. The number of nitrogens with one attached hydrogen (secondary N) is 1. The Bertz CT molecular complexity index is 657. The number of carbonyl (C=O) groups excluding carboxylic acids is 1. The molecule has 1 N–H and O–H groups in total. The van der Waals surface area contributed by atoms with Crippen LogP contribution in [0, 0.1) is 12.7 Å². The number of hydrogen-bond donors (Lipinski definition) is 1. The highest BCUT2D eigenvalue weighted by Gasteiger charge is 2.30. The molecule has 142 valence electrons. The molecule has 1 saturated heterocycles. The van der Waals surface area contributed by atoms with Crippen LogP contribution in [-0.2, 0) is 10.1 Å². The Balaban J connectivity index is 0.000000277. The van der Waals surface area contributed by atoms with Crippen molar-refractivity contribution in [2.24, 2.45) is 0 Å². The van der Waals surface area contributed by atoms with Crippen molar-refractivity contribution in [1.29, 1.82) is 0 Å². The van der Waals surface area contributed by atoms with Crippen molar-refractivity contribution in [3.8, 4) is 0 Å². The fraction of sp³-hybridized carbons (Fsp3) is 0.529. The number of aldehydes is 1. The molecule has 3 rings (SSSR count). The Kier molecular flexibility index (Phi) is 10.2. The molecular weight excluding hydrogens is 363 g/mol. The lowest BCUT2D eigenvalue weighted by atomic mass is 9.59. The highest BCUT2D eigenvalue weighted by atomic mass is 32.1. The van der Waals surface area contributed by atoms with Gasteiger partial charge in [0, 0.05) is 18.1 Å². The number of thiazole rings is 1. The zero-order valence-corrected chi connectivity index (χ0v) is 16.8. The highest BCUT2D eigenvalue weighted by molar-refractivity contribution is 7.16. The van der Waals surface area contributed by atoms with Gasteiger partial charge in [-0.2, -0.15) is 0 Å². The molecule has 0 spiro atoms. The standard InChI is InChI=1S/C10H15B2N3S.C5H5FN2.C2H4O/c1-13-9-14-7-8(16-9)10(11,12)15-5-3-2-4-6-15;1-4-7-2-5(6)3-8-4;1-2-3/h7H,2-6H2,1H3,(H,13,14);2-3H,1H3;2H,1H3. The zero-order chi connectivity index (χ0) is 20.3. The van der Waals surface area contributed by atoms with Crippen LogP contribution >= 0.6 is 11.3 Å². The minimum absolute atomic E-state index is 0.393. The maximum atomic E-state index is 12.0. The number of likely N-dealkylation sites (tertiary alicyclic amines) is 1. The van der Waals surface area contributed by atoms with Gasteiger partial charge in [-0.05, 0) is 45.1 Å². The van der Waals surface area contributed by atoms with E-state index in [1.54, 1.807) is 13.1 Å². The number of aryl methyl sites for hydroxylation is 1. The molecule has 1 aliphatic rings. The summed E-state index contributed by atoms with van der Waals surface area (Å²) in [6.45, 7) is 5.10. The smallest absolute Gasteiger partial charge is 0.182 e. The van der Waals surface area contributed by atoms with Crippen LogP contribution in [0.1, 0.15) is 36.9 Å². The first-order valence-corrected chi connectivity index (χ1v) is 9.47. The third-order valence-electron chi connectivity index (χ3n) is 3.74. The first-order valence-electron chi connectivity index (χ1n) is 8.66. The number of hydrogen-bond acceptors (Lipinski definition) is 7. The molecule has 0 saturated carbocycles. The third-order valence-corrected chi connectivity index (χ3v) is 4.90. The summed E-state index contributed by atoms with van der Waals surface area (Å²) in [5, 5.41) is 2.99. The van der Waals surface area contributed by atoms with Crippen LogP contribution < -0.4 is 5.32 Å². The van der Waals surface area contributed by atoms with E-state index in [1.165, 1.54) is 37.5 Å². The Morgan fingerprint density at radius 2 is 1.74 bits per heavy atom. The van der Waals surface area contributed by atoms with Gasteiger partial charge in [0.25, 0.3) is 0 Å². The summed E-state index contributed by atoms with van der Waals surface area (Å²) < 4.78 is 12.0. The first-order chi connectivity index (χ1) is 12.8. The summed E-state index contributed by atoms with van der Waals surface area (Å²) in [6.07, 6.45) is 8.43. The molecule has 6 nitrogen and oxygen atoms in total. The van der Waals surface area contributed by atoms with Crippen molar-refractivity contribution in [2.45, 2.75) is 38.4 Å². The average Bonchev–Trinajstić information content (AvgIpc) is 3.16. The summed E-state index contributed by atoms with van der Waals surface area (Å²) in [7, 11) is 14.3. The van der Waals surface area contributed by atoms with Gasteiger partial charge in [0.1, 0.15) is 12.1 Å². The van der Waals surface area contributed by atoms with Crippen LogP contribution in [-0.4, -0.2) is 62.0 Å². The quantitative estimate of drug-likeness (QED) is 0.644. The van der Waals surface area contributed by atoms with Gasteiger partial charge >= 0.3 is 0 Å². The van der Waals surface area contributed by atoms with Gasteiger partial charge in [-0.15, -0.1) is 11.3 Å². The minimum atomic E-state index is -0.868. The number of rotatable bonds is 3. The first kappa shape index (κ1) is 23.2. The van der Waals surface area contributed by atoms with E-state index in [2.05, 4.69) is 25.2 Å². The molecule has 2 aromatic heterocycles. The number of halogens is 1. The van der Waals surface area contributed by atoms with E-state index in [4.69, 9.17) is 20.5 Å². The zero-order valence-electron chi connectivity index (χ0n) is 16.0. The molecule has 0 amide bonds. The van der Waals surface area contributed by atoms with Crippen molar-refractivity contribution < 1.29 is 9.18 Å². The normalized spacial score (nSPS) is 14.2. The summed E-state index contributed by atoms with van der Waals surface area (Å²) in [5.41, 5.74) is 0. The second-order valence-corrected chi connectivity index (χ2v) is 6.87. The lowest BCUT2D eigenvalue weighted by Gasteiger charge is -2.41. The Morgan fingerprint density at radius 1 is 1.19 bits per heavy atom. The summed E-state index contributed by atoms with van der Waals surface area (Å²) in [6, 6.07) is 0. The Labute approximate surface area is 166 Å². The molecule has 0 bridgehead atoms. The van der Waals surface area contributed by atoms with E-state index in [9.17, 15) is 4.39 Å². The molecule has 0 aliphatic carbocycles. The van der Waals surface area contributed by atoms with Crippen LogP contribution in [0.2, 0.25) is 0 Å². The van der Waals surface area contributed by atoms with Crippen molar-refractivity contribution in [3.05, 3.63) is 35.1 Å². The van der Waals surface area contributed by atoms with Gasteiger partial charge in [0.15, 0.2) is 10.9 Å². The Hall–Kier alpha value is -1.80. The van der Waals surface area contributed by atoms with Gasteiger partial charge in [0.05, 0.1) is 28.1 Å². The van der Waals surface area contributed by atoms with Crippen molar-refractivity contribution in [3.63, 3.8) is 0 Å². The molecular formula is C17H24B2FN5OS. The maximum absolute atomic E-state index is 12.0. The van der Waals surface area contributed by atoms with Gasteiger partial charge in [-0.3, -0.25) is 0 Å². The SMILES string of the molecule is CC=O.Cc1ncc(F)cn1.[B]C([B])(c1cnc(NC)s1)N1CCCCC1. The molecule has 0 unspecified atom stereocenters. The fourth-order valence-electron chi connectivity index (χ4n) is 2.37. The fourth-order valence-corrected chi connectivity index (χ4v) is 3.19. The predicted molar refractivity (Wildman–Crippen MR) is 109 cm³/mol. The van der Waals surface area contributed by atoms with Crippen LogP contribution in [0.3, 0.4) is 0 Å². The average molecular weight is 387 g/mol. The highest BCUT2D eigenvalue weighted by Crippen LogP contribution is 2.31. The van der Waals surface area contributed by atoms with Crippen molar-refractivity contribution >= 4 is 38.4 Å². The number of anilines is 1. The minimum Gasteiger partial charge on any atom is -0.365 e. The topological polar surface area (TPSA) is 71.0 Å². The molecule has 0 aromatic carbocycles. The van der Waals surface area contributed by atoms with E-state index in [-0.39, 0.29) is 0 Å². The lowest BCUT2D eigenvalue weighted by Crippen LogP contribution is -2.49. The Morgan fingerprint density at radius 3 is 2.19 bits per heavy atom. The van der Waals surface area contributed by atoms with Gasteiger partial charge < -0.3 is 15.0 Å². The molecule has 10 heteroatoms. The molecule has 2 aromatic rings. The molecule has 3 heterocycles. The van der Waals surface area contributed by atoms with Crippen LogP contribution in [0.25, 0.3) is 0 Å². The molecule has 27 heavy (non-hydrogen) atoms. The van der Waals surface area contributed by atoms with Crippen LogP contribution in [0.4, 0.5) is 9.52 Å². The summed E-state index contributed by atoms with van der Waals surface area (Å²) >= 11 is 1.52. The third kappa shape index (κ3) is 7.76. The summed E-state index contributed by atoms with van der Waals surface area (Å²) in [5.74, 6) is 0.196. The predicted octanol–water partition coefficient (Wildman–Crippen LogP) is 2.25. The van der Waals surface area contributed by atoms with Crippen molar-refractivity contribution in [2.75, 3.05) is 25.5 Å². The monoisotopic (exact) mass is 387 g/mol. The van der Waals surface area contributed by atoms with E-state index in [0.717, 1.165) is 41.8 Å². The number of piperidine rings is 1. The molecule has 0 atom stereocenters. The number of aromatic nitrogens is 3. The van der Waals surface area contributed by atoms with E-state index in [0.29, 0.717) is 5.82 Å². The van der Waals surface area contributed by atoms with Gasteiger partial charge in [-0.1, -0.05) is 6.42 Å². The lowest BCUT2D eigenvalue weighted by molar-refractivity contribution is -0.106. The molecule has 4 radical (unpaired) electrons. The van der Waals surface area contributed by atoms with Crippen LogP contribution in [0.15, 0.2) is 18.6 Å². The second kappa shape index (κ2) is 11.8. The maximum Gasteiger partial charge on any atom is 0.182 e. The summed E-state index contributed by atoms with van der Waals surface area (Å²) in [4.78, 5) is 23.3. The van der Waals surface area contributed by atoms with Crippen molar-refractivity contribution in [1.82, 2.24) is 19.9 Å². The molecule has 1 fully saturated rings. The van der Waals surface area contributed by atoms with Gasteiger partial charge in [0.2, 0.25) is 0 Å². The van der Waals surface area contributed by atoms with E-state index >= 15 is 0 Å². The van der Waals surface area contributed by atoms with Gasteiger partial charge in [-0.25, -0.2) is 19.3 Å².